The second-order valence-corrected chi connectivity index (χ2v) is 3.09. The Bertz CT molecular complexity index is 347. The Kier molecular flexibility index (Phi) is 1.87. The van der Waals surface area contributed by atoms with Gasteiger partial charge < -0.3 is 4.98 Å². The summed E-state index contributed by atoms with van der Waals surface area (Å²) in [5.41, 5.74) is 2.09. The van der Waals surface area contributed by atoms with Crippen molar-refractivity contribution in [1.82, 2.24) is 9.97 Å². The summed E-state index contributed by atoms with van der Waals surface area (Å²) >= 11 is 5.21. The fraction of sp³-hybridized carbons (Fsp3) is 0.111. The molecule has 1 N–H and O–H groups in total. The molecule has 12 heavy (non-hydrogen) atoms. The Labute approximate surface area is 76.0 Å². The van der Waals surface area contributed by atoms with E-state index in [1.807, 2.05) is 12.2 Å². The zero-order chi connectivity index (χ0) is 8.39. The highest BCUT2D eigenvalue weighted by molar-refractivity contribution is 7.81. The zero-order valence-electron chi connectivity index (χ0n) is 6.45. The van der Waals surface area contributed by atoms with Crippen molar-refractivity contribution in [2.45, 2.75) is 6.42 Å². The first-order valence-corrected chi connectivity index (χ1v) is 4.17. The van der Waals surface area contributed by atoms with E-state index >= 15 is 0 Å². The van der Waals surface area contributed by atoms with Crippen LogP contribution in [0, 0.1) is 0 Å². The first kappa shape index (κ1) is 7.43. The molecule has 2 nitrogen and oxygen atoms in total. The van der Waals surface area contributed by atoms with E-state index in [1.54, 1.807) is 12.5 Å². The van der Waals surface area contributed by atoms with E-state index in [1.165, 1.54) is 0 Å². The minimum Gasteiger partial charge on any atom is -0.345 e. The van der Waals surface area contributed by atoms with Crippen molar-refractivity contribution in [2.24, 2.45) is 0 Å². The van der Waals surface area contributed by atoms with Crippen LogP contribution in [0.5, 0.6) is 0 Å². The van der Waals surface area contributed by atoms with Crippen LogP contribution in [0.1, 0.15) is 12.1 Å². The van der Waals surface area contributed by atoms with Gasteiger partial charge in [0.15, 0.2) is 0 Å². The second-order valence-electron chi connectivity index (χ2n) is 2.60. The maximum absolute atomic E-state index is 5.21. The van der Waals surface area contributed by atoms with Gasteiger partial charge in [-0.25, -0.2) is 4.98 Å². The van der Waals surface area contributed by atoms with Crippen molar-refractivity contribution in [3.8, 4) is 0 Å². The molecular weight excluding hydrogens is 168 g/mol. The third-order valence-corrected chi connectivity index (χ3v) is 2.18. The molecule has 60 valence electrons. The molecule has 0 unspecified atom stereocenters. The normalized spacial score (nSPS) is 16.3. The van der Waals surface area contributed by atoms with Gasteiger partial charge in [0.25, 0.3) is 0 Å². The van der Waals surface area contributed by atoms with Crippen molar-refractivity contribution in [3.63, 3.8) is 0 Å². The number of hydrogen-bond donors (Lipinski definition) is 1. The highest BCUT2D eigenvalue weighted by atomic mass is 32.1. The molecule has 1 aromatic rings. The molecule has 0 saturated heterocycles. The summed E-state index contributed by atoms with van der Waals surface area (Å²) in [6, 6.07) is 0. The minimum atomic E-state index is 0.861. The summed E-state index contributed by atoms with van der Waals surface area (Å²) in [6.07, 6.45) is 10.4. The van der Waals surface area contributed by atoms with E-state index in [4.69, 9.17) is 12.2 Å². The van der Waals surface area contributed by atoms with Crippen molar-refractivity contribution in [2.75, 3.05) is 0 Å². The Hall–Kier alpha value is -1.22. The zero-order valence-corrected chi connectivity index (χ0v) is 7.27. The van der Waals surface area contributed by atoms with Gasteiger partial charge in [-0.3, -0.25) is 0 Å². The van der Waals surface area contributed by atoms with Gasteiger partial charge in [-0.1, -0.05) is 30.4 Å². The first-order valence-electron chi connectivity index (χ1n) is 3.77. The SMILES string of the molecule is S=C1CC=CC=C1c1cnc[nH]1. The maximum atomic E-state index is 5.21. The van der Waals surface area contributed by atoms with Crippen molar-refractivity contribution in [1.29, 1.82) is 0 Å². The van der Waals surface area contributed by atoms with E-state index < -0.39 is 0 Å². The molecule has 0 fully saturated rings. The summed E-state index contributed by atoms with van der Waals surface area (Å²) in [5.74, 6) is 0. The molecule has 3 heteroatoms. The van der Waals surface area contributed by atoms with E-state index in [-0.39, 0.29) is 0 Å². The molecule has 1 aliphatic carbocycles. The third-order valence-electron chi connectivity index (χ3n) is 1.79. The van der Waals surface area contributed by atoms with Crippen LogP contribution >= 0.6 is 12.2 Å². The number of H-pyrrole nitrogens is 1. The molecule has 0 bridgehead atoms. The van der Waals surface area contributed by atoms with Gasteiger partial charge in [0, 0.05) is 16.9 Å². The van der Waals surface area contributed by atoms with E-state index in [0.717, 1.165) is 22.6 Å². The van der Waals surface area contributed by atoms with Crippen molar-refractivity contribution < 1.29 is 0 Å². The van der Waals surface area contributed by atoms with Gasteiger partial charge in [0.2, 0.25) is 0 Å². The van der Waals surface area contributed by atoms with E-state index in [0.29, 0.717) is 0 Å². The number of hydrogen-bond acceptors (Lipinski definition) is 2. The lowest BCUT2D eigenvalue weighted by atomic mass is 10.0. The van der Waals surface area contributed by atoms with Crippen LogP contribution < -0.4 is 0 Å². The lowest BCUT2D eigenvalue weighted by Crippen LogP contribution is -2.00. The molecule has 1 heterocycles. The van der Waals surface area contributed by atoms with Gasteiger partial charge in [0.1, 0.15) is 0 Å². The van der Waals surface area contributed by atoms with E-state index in [2.05, 4.69) is 16.0 Å². The Morgan fingerprint density at radius 2 is 2.42 bits per heavy atom. The predicted octanol–water partition coefficient (Wildman–Crippen LogP) is 2.12. The molecule has 0 atom stereocenters. The molecule has 0 aromatic carbocycles. The highest BCUT2D eigenvalue weighted by Gasteiger charge is 2.09. The quantitative estimate of drug-likeness (QED) is 0.664. The standard InChI is InChI=1S/C9H8N2S/c12-9-4-2-1-3-7(9)8-5-10-6-11-8/h1-3,5-6H,4H2,(H,10,11). The number of nitrogens with zero attached hydrogens (tertiary/aromatic N) is 1. The van der Waals surface area contributed by atoms with Gasteiger partial charge in [-0.05, 0) is 0 Å². The number of rotatable bonds is 1. The molecular formula is C9H8N2S. The van der Waals surface area contributed by atoms with Crippen LogP contribution in [0.3, 0.4) is 0 Å². The third kappa shape index (κ3) is 1.23. The molecule has 0 saturated carbocycles. The average Bonchev–Trinajstić information content (AvgIpc) is 2.57. The van der Waals surface area contributed by atoms with Gasteiger partial charge >= 0.3 is 0 Å². The van der Waals surface area contributed by atoms with Crippen LogP contribution in [0.2, 0.25) is 0 Å². The Balaban J connectivity index is 2.40. The summed E-state index contributed by atoms with van der Waals surface area (Å²) < 4.78 is 0. The number of imidazole rings is 1. The number of thiocarbonyl (C=S) groups is 1. The fourth-order valence-electron chi connectivity index (χ4n) is 1.19. The Morgan fingerprint density at radius 1 is 1.50 bits per heavy atom. The molecule has 0 spiro atoms. The molecule has 0 amide bonds. The number of aromatic nitrogens is 2. The second kappa shape index (κ2) is 3.03. The van der Waals surface area contributed by atoms with E-state index in [9.17, 15) is 0 Å². The lowest BCUT2D eigenvalue weighted by molar-refractivity contribution is 1.30. The van der Waals surface area contributed by atoms with Crippen molar-refractivity contribution in [3.05, 3.63) is 36.4 Å². The molecule has 1 aromatic heterocycles. The maximum Gasteiger partial charge on any atom is 0.0924 e. The van der Waals surface area contributed by atoms with Crippen LogP contribution in [0.4, 0.5) is 0 Å². The number of nitrogens with one attached hydrogen (secondary N) is 1. The predicted molar refractivity (Wildman–Crippen MR) is 52.9 cm³/mol. The fourth-order valence-corrected chi connectivity index (χ4v) is 1.46. The van der Waals surface area contributed by atoms with Crippen LogP contribution in [-0.2, 0) is 0 Å². The number of aromatic amines is 1. The Morgan fingerprint density at radius 3 is 3.08 bits per heavy atom. The topological polar surface area (TPSA) is 28.7 Å². The summed E-state index contributed by atoms with van der Waals surface area (Å²) in [4.78, 5) is 7.96. The smallest absolute Gasteiger partial charge is 0.0924 e. The number of allylic oxidation sites excluding steroid dienone is 4. The van der Waals surface area contributed by atoms with Crippen LogP contribution in [-0.4, -0.2) is 14.8 Å². The monoisotopic (exact) mass is 176 g/mol. The molecule has 2 rings (SSSR count). The van der Waals surface area contributed by atoms with Gasteiger partial charge in [-0.15, -0.1) is 0 Å². The molecule has 0 aliphatic heterocycles. The highest BCUT2D eigenvalue weighted by Crippen LogP contribution is 2.18. The van der Waals surface area contributed by atoms with Crippen LogP contribution in [0.25, 0.3) is 5.57 Å². The van der Waals surface area contributed by atoms with Gasteiger partial charge in [0.05, 0.1) is 18.2 Å². The minimum absolute atomic E-state index is 0.861. The van der Waals surface area contributed by atoms with Crippen LogP contribution in [0.15, 0.2) is 30.8 Å². The molecule has 1 aliphatic rings. The first-order chi connectivity index (χ1) is 5.88. The lowest BCUT2D eigenvalue weighted by Gasteiger charge is -2.07. The van der Waals surface area contributed by atoms with Crippen molar-refractivity contribution >= 4 is 22.7 Å². The molecule has 0 radical (unpaired) electrons. The summed E-state index contributed by atoms with van der Waals surface area (Å²) in [5, 5.41) is 0. The summed E-state index contributed by atoms with van der Waals surface area (Å²) in [7, 11) is 0. The van der Waals surface area contributed by atoms with Gasteiger partial charge in [-0.2, -0.15) is 0 Å². The largest absolute Gasteiger partial charge is 0.345 e. The summed E-state index contributed by atoms with van der Waals surface area (Å²) in [6.45, 7) is 0. The average molecular weight is 176 g/mol.